The third-order valence-corrected chi connectivity index (χ3v) is 9.11. The molecule has 0 spiro atoms. The molecule has 0 atom stereocenters. The second-order valence-electron chi connectivity index (χ2n) is 11.1. The van der Waals surface area contributed by atoms with Gasteiger partial charge in [0.2, 0.25) is 0 Å². The van der Waals surface area contributed by atoms with E-state index in [1.54, 1.807) is 0 Å². The minimum absolute atomic E-state index is 0.633. The number of fused-ring (bicyclic) bond motifs is 2. The van der Waals surface area contributed by atoms with Crippen molar-refractivity contribution in [1.82, 2.24) is 15.0 Å². The van der Waals surface area contributed by atoms with Crippen LogP contribution in [0.15, 0.2) is 158 Å². The first-order valence-corrected chi connectivity index (χ1v) is 15.8. The zero-order chi connectivity index (χ0) is 30.2. The van der Waals surface area contributed by atoms with E-state index in [-0.39, 0.29) is 0 Å². The molecule has 0 aliphatic rings. The van der Waals surface area contributed by atoms with Crippen molar-refractivity contribution in [3.05, 3.63) is 158 Å². The van der Waals surface area contributed by atoms with Crippen LogP contribution in [0.2, 0.25) is 0 Å². The standard InChI is InChI=1S/C41H26N3Se/c45-38-36(34-17-8-16-32(25-34)33-22-20-27-10-4-6-14-30(27)24-33)18-9-19-37(38)41-43-39(29-12-2-1-3-13-29)42-40(44-41)35-23-21-28-11-5-7-15-31(28)26-35/h1-26H. The molecule has 0 fully saturated rings. The van der Waals surface area contributed by atoms with Crippen molar-refractivity contribution in [2.75, 3.05) is 0 Å². The van der Waals surface area contributed by atoms with Gasteiger partial charge < -0.3 is 0 Å². The van der Waals surface area contributed by atoms with Gasteiger partial charge in [0.05, 0.1) is 0 Å². The first kappa shape index (κ1) is 27.2. The number of aromatic nitrogens is 3. The molecule has 0 amide bonds. The average Bonchev–Trinajstić information content (AvgIpc) is 3.11. The number of hydrogen-bond acceptors (Lipinski definition) is 3. The number of hydrogen-bond donors (Lipinski definition) is 0. The van der Waals surface area contributed by atoms with Crippen molar-refractivity contribution in [2.45, 2.75) is 0 Å². The molecule has 1 heterocycles. The summed E-state index contributed by atoms with van der Waals surface area (Å²) >= 11 is 3.36. The van der Waals surface area contributed by atoms with Crippen LogP contribution in [0.25, 0.3) is 78.0 Å². The predicted molar refractivity (Wildman–Crippen MR) is 187 cm³/mol. The summed E-state index contributed by atoms with van der Waals surface area (Å²) in [7, 11) is 0. The van der Waals surface area contributed by atoms with Crippen LogP contribution in [0.5, 0.6) is 0 Å². The molecule has 0 unspecified atom stereocenters. The Bertz CT molecular complexity index is 2350. The Labute approximate surface area is 270 Å². The quantitative estimate of drug-likeness (QED) is 0.176. The van der Waals surface area contributed by atoms with E-state index in [0.717, 1.165) is 37.7 Å². The molecule has 0 aliphatic carbocycles. The summed E-state index contributed by atoms with van der Waals surface area (Å²) in [6, 6.07) is 55.0. The summed E-state index contributed by atoms with van der Waals surface area (Å²) in [5.74, 6) is 1.92. The van der Waals surface area contributed by atoms with Gasteiger partial charge in [-0.3, -0.25) is 0 Å². The fraction of sp³-hybridized carbons (Fsp3) is 0. The Morgan fingerprint density at radius 2 is 0.800 bits per heavy atom. The maximum absolute atomic E-state index is 5.05. The molecule has 8 aromatic rings. The molecule has 0 aliphatic heterocycles. The molecule has 1 aromatic heterocycles. The van der Waals surface area contributed by atoms with E-state index in [4.69, 9.17) is 15.0 Å². The molecule has 4 heteroatoms. The topological polar surface area (TPSA) is 38.7 Å². The number of rotatable bonds is 5. The van der Waals surface area contributed by atoms with Crippen LogP contribution in [-0.4, -0.2) is 31.0 Å². The van der Waals surface area contributed by atoms with Gasteiger partial charge in [-0.15, -0.1) is 0 Å². The van der Waals surface area contributed by atoms with E-state index in [2.05, 4.69) is 143 Å². The van der Waals surface area contributed by atoms with E-state index in [1.165, 1.54) is 27.3 Å². The number of nitrogens with zero attached hydrogens (tertiary/aromatic N) is 3. The molecule has 8 rings (SSSR count). The van der Waals surface area contributed by atoms with Gasteiger partial charge in [0, 0.05) is 0 Å². The third kappa shape index (κ3) is 5.32. The average molecular weight is 640 g/mol. The van der Waals surface area contributed by atoms with E-state index in [9.17, 15) is 0 Å². The Kier molecular flexibility index (Phi) is 7.00. The van der Waals surface area contributed by atoms with Crippen LogP contribution in [0.3, 0.4) is 0 Å². The third-order valence-electron chi connectivity index (χ3n) is 8.19. The van der Waals surface area contributed by atoms with Gasteiger partial charge >= 0.3 is 271 Å². The summed E-state index contributed by atoms with van der Waals surface area (Å²) in [4.78, 5) is 15.0. The fourth-order valence-corrected chi connectivity index (χ4v) is 6.57. The molecule has 211 valence electrons. The second kappa shape index (κ2) is 11.6. The molecule has 0 saturated heterocycles. The summed E-state index contributed by atoms with van der Waals surface area (Å²) in [6.45, 7) is 0. The predicted octanol–water partition coefficient (Wildman–Crippen LogP) is 9.31. The normalized spacial score (nSPS) is 11.2. The first-order valence-electron chi connectivity index (χ1n) is 14.9. The van der Waals surface area contributed by atoms with Crippen molar-refractivity contribution in [2.24, 2.45) is 0 Å². The van der Waals surface area contributed by atoms with Crippen LogP contribution in [0, 0.1) is 0 Å². The molecular weight excluding hydrogens is 613 g/mol. The van der Waals surface area contributed by atoms with Crippen molar-refractivity contribution >= 4 is 42.0 Å². The Hall–Kier alpha value is -5.41. The van der Waals surface area contributed by atoms with Crippen LogP contribution in [0.4, 0.5) is 0 Å². The van der Waals surface area contributed by atoms with Crippen LogP contribution >= 0.6 is 0 Å². The number of benzene rings is 7. The molecule has 0 saturated carbocycles. The SMILES string of the molecule is [Se]c1c(-c2cccc(-c3ccc4ccccc4c3)c2)cccc1-c1nc(-c2ccccc2)nc(-c2ccc3ccccc3c2)n1. The zero-order valence-corrected chi connectivity index (χ0v) is 26.0. The van der Waals surface area contributed by atoms with Gasteiger partial charge in [0.15, 0.2) is 0 Å². The van der Waals surface area contributed by atoms with Gasteiger partial charge in [-0.1, -0.05) is 0 Å². The van der Waals surface area contributed by atoms with Crippen molar-refractivity contribution in [3.63, 3.8) is 0 Å². The summed E-state index contributed by atoms with van der Waals surface area (Å²) in [5, 5.41) is 4.81. The molecule has 7 aromatic carbocycles. The zero-order valence-electron chi connectivity index (χ0n) is 24.3. The Morgan fingerprint density at radius 1 is 0.311 bits per heavy atom. The Balaban J connectivity index is 1.25. The van der Waals surface area contributed by atoms with Gasteiger partial charge in [-0.25, -0.2) is 0 Å². The summed E-state index contributed by atoms with van der Waals surface area (Å²) < 4.78 is 1.00. The molecular formula is C41H26N3Se. The van der Waals surface area contributed by atoms with Crippen LogP contribution in [-0.2, 0) is 0 Å². The maximum atomic E-state index is 5.05. The molecule has 0 N–H and O–H groups in total. The van der Waals surface area contributed by atoms with Crippen molar-refractivity contribution < 1.29 is 0 Å². The minimum atomic E-state index is 0.633. The molecule has 1 radical (unpaired) electrons. The molecule has 0 bridgehead atoms. The summed E-state index contributed by atoms with van der Waals surface area (Å²) in [5.41, 5.74) is 7.43. The monoisotopic (exact) mass is 640 g/mol. The van der Waals surface area contributed by atoms with E-state index < -0.39 is 0 Å². The van der Waals surface area contributed by atoms with Crippen molar-refractivity contribution in [1.29, 1.82) is 0 Å². The molecule has 3 nitrogen and oxygen atoms in total. The van der Waals surface area contributed by atoms with Crippen molar-refractivity contribution in [3.8, 4) is 56.4 Å². The van der Waals surface area contributed by atoms with Gasteiger partial charge in [0.1, 0.15) is 0 Å². The summed E-state index contributed by atoms with van der Waals surface area (Å²) in [6.07, 6.45) is 0. The van der Waals surface area contributed by atoms with E-state index >= 15 is 0 Å². The van der Waals surface area contributed by atoms with Gasteiger partial charge in [-0.05, 0) is 0 Å². The van der Waals surface area contributed by atoms with E-state index in [0.29, 0.717) is 17.5 Å². The van der Waals surface area contributed by atoms with Crippen LogP contribution in [0.1, 0.15) is 0 Å². The second-order valence-corrected chi connectivity index (χ2v) is 11.9. The first-order chi connectivity index (χ1) is 22.2. The molecule has 45 heavy (non-hydrogen) atoms. The Morgan fingerprint density at radius 3 is 1.53 bits per heavy atom. The van der Waals surface area contributed by atoms with Gasteiger partial charge in [0.25, 0.3) is 0 Å². The van der Waals surface area contributed by atoms with Gasteiger partial charge in [-0.2, -0.15) is 0 Å². The fourth-order valence-electron chi connectivity index (χ4n) is 5.85. The van der Waals surface area contributed by atoms with Crippen LogP contribution < -0.4 is 4.46 Å². The van der Waals surface area contributed by atoms with E-state index in [1.807, 2.05) is 30.3 Å².